The average molecular weight is 286 g/mol. The Kier molecular flexibility index (Phi) is 3.36. The summed E-state index contributed by atoms with van der Waals surface area (Å²) in [6.07, 6.45) is 0.422. The first-order valence-electron chi connectivity index (χ1n) is 4.72. The van der Waals surface area contributed by atoms with E-state index in [0.717, 1.165) is 5.56 Å². The van der Waals surface area contributed by atoms with Crippen molar-refractivity contribution < 1.29 is 14.0 Å². The number of benzene rings is 1. The van der Waals surface area contributed by atoms with Gasteiger partial charge in [0.05, 0.1) is 6.61 Å². The minimum absolute atomic E-state index is 0.0131. The third kappa shape index (κ3) is 2.31. The van der Waals surface area contributed by atoms with Gasteiger partial charge < -0.3 is 9.63 Å². The zero-order valence-electron chi connectivity index (χ0n) is 8.28. The Balaban J connectivity index is 2.35. The smallest absolute Gasteiger partial charge is 0.139 e. The van der Waals surface area contributed by atoms with Gasteiger partial charge in [0, 0.05) is 22.5 Å². The third-order valence-corrected chi connectivity index (χ3v) is 2.78. The van der Waals surface area contributed by atoms with E-state index >= 15 is 0 Å². The highest BCUT2D eigenvalue weighted by molar-refractivity contribution is 9.10. The van der Waals surface area contributed by atoms with Crippen LogP contribution in [0.3, 0.4) is 0 Å². The van der Waals surface area contributed by atoms with Gasteiger partial charge in [0.1, 0.15) is 17.3 Å². The van der Waals surface area contributed by atoms with Crippen molar-refractivity contribution in [1.82, 2.24) is 5.16 Å². The maximum atomic E-state index is 12.9. The van der Waals surface area contributed by atoms with Crippen LogP contribution in [0.5, 0.6) is 0 Å². The number of aromatic nitrogens is 1. The molecule has 84 valence electrons. The molecule has 1 aromatic heterocycles. The van der Waals surface area contributed by atoms with E-state index in [2.05, 4.69) is 21.1 Å². The Hall–Kier alpha value is -1.20. The van der Waals surface area contributed by atoms with Crippen molar-refractivity contribution >= 4 is 15.9 Å². The molecule has 0 bridgehead atoms. The molecule has 0 saturated carbocycles. The second kappa shape index (κ2) is 4.76. The molecule has 2 aromatic rings. The van der Waals surface area contributed by atoms with Crippen molar-refractivity contribution in [3.63, 3.8) is 0 Å². The highest BCUT2D eigenvalue weighted by Gasteiger charge is 2.09. The number of rotatable bonds is 3. The van der Waals surface area contributed by atoms with Crippen molar-refractivity contribution in [3.05, 3.63) is 40.3 Å². The van der Waals surface area contributed by atoms with Gasteiger partial charge in [-0.25, -0.2) is 4.39 Å². The zero-order valence-corrected chi connectivity index (χ0v) is 9.87. The van der Waals surface area contributed by atoms with Crippen LogP contribution in [0.1, 0.15) is 5.76 Å². The Bertz CT molecular complexity index is 498. The normalized spacial score (nSPS) is 10.7. The second-order valence-electron chi connectivity index (χ2n) is 3.28. The number of aliphatic hydroxyl groups excluding tert-OH is 1. The number of halogens is 2. The molecule has 0 aliphatic heterocycles. The molecule has 0 spiro atoms. The number of hydrogen-bond acceptors (Lipinski definition) is 3. The van der Waals surface area contributed by atoms with Crippen LogP contribution in [0.15, 0.2) is 33.3 Å². The summed E-state index contributed by atoms with van der Waals surface area (Å²) in [6.45, 7) is 0.0131. The fourth-order valence-electron chi connectivity index (χ4n) is 1.37. The minimum Gasteiger partial charge on any atom is -0.396 e. The molecule has 1 aromatic carbocycles. The molecule has 0 atom stereocenters. The fourth-order valence-corrected chi connectivity index (χ4v) is 1.92. The van der Waals surface area contributed by atoms with Crippen LogP contribution in [-0.2, 0) is 6.42 Å². The van der Waals surface area contributed by atoms with Crippen LogP contribution < -0.4 is 0 Å². The van der Waals surface area contributed by atoms with Gasteiger partial charge in [0.15, 0.2) is 0 Å². The molecule has 0 radical (unpaired) electrons. The number of hydrogen-bond donors (Lipinski definition) is 1. The van der Waals surface area contributed by atoms with Crippen molar-refractivity contribution in [2.75, 3.05) is 6.61 Å². The van der Waals surface area contributed by atoms with Gasteiger partial charge in [-0.2, -0.15) is 0 Å². The summed E-state index contributed by atoms with van der Waals surface area (Å²) in [6, 6.07) is 6.09. The first kappa shape index (κ1) is 11.3. The molecule has 5 heteroatoms. The van der Waals surface area contributed by atoms with E-state index < -0.39 is 0 Å². The Morgan fingerprint density at radius 3 is 2.88 bits per heavy atom. The maximum absolute atomic E-state index is 12.9. The molecule has 0 amide bonds. The number of nitrogens with zero attached hydrogens (tertiary/aromatic N) is 1. The van der Waals surface area contributed by atoms with Crippen LogP contribution in [0.25, 0.3) is 11.3 Å². The first-order chi connectivity index (χ1) is 7.70. The molecule has 1 N–H and O–H groups in total. The molecule has 16 heavy (non-hydrogen) atoms. The molecule has 0 unspecified atom stereocenters. The fraction of sp³-hybridized carbons (Fsp3) is 0.182. The summed E-state index contributed by atoms with van der Waals surface area (Å²) < 4.78 is 18.5. The minimum atomic E-state index is -0.310. The predicted octanol–water partition coefficient (Wildman–Crippen LogP) is 2.78. The van der Waals surface area contributed by atoms with Gasteiger partial charge in [0.25, 0.3) is 0 Å². The molecular weight excluding hydrogens is 277 g/mol. The lowest BCUT2D eigenvalue weighted by Crippen LogP contribution is -1.86. The van der Waals surface area contributed by atoms with Crippen LogP contribution >= 0.6 is 15.9 Å². The van der Waals surface area contributed by atoms with Gasteiger partial charge in [-0.15, -0.1) is 0 Å². The third-order valence-electron chi connectivity index (χ3n) is 2.12. The summed E-state index contributed by atoms with van der Waals surface area (Å²) in [5, 5.41) is 12.6. The van der Waals surface area contributed by atoms with Crippen molar-refractivity contribution in [2.24, 2.45) is 0 Å². The molecule has 1 heterocycles. The van der Waals surface area contributed by atoms with E-state index in [1.165, 1.54) is 12.1 Å². The molecular formula is C11H9BrFNO2. The predicted molar refractivity (Wildman–Crippen MR) is 60.4 cm³/mol. The Labute approximate surface area is 100 Å². The van der Waals surface area contributed by atoms with E-state index in [4.69, 9.17) is 9.63 Å². The summed E-state index contributed by atoms with van der Waals surface area (Å²) >= 11 is 3.26. The van der Waals surface area contributed by atoms with Gasteiger partial charge in [-0.1, -0.05) is 5.16 Å². The molecule has 0 aliphatic rings. The Morgan fingerprint density at radius 1 is 1.38 bits per heavy atom. The quantitative estimate of drug-likeness (QED) is 0.943. The lowest BCUT2D eigenvalue weighted by molar-refractivity contribution is 0.277. The van der Waals surface area contributed by atoms with Crippen LogP contribution in [0, 0.1) is 5.82 Å². The first-order valence-corrected chi connectivity index (χ1v) is 5.52. The van der Waals surface area contributed by atoms with Crippen LogP contribution in [0.2, 0.25) is 0 Å². The number of aliphatic hydroxyl groups is 1. The van der Waals surface area contributed by atoms with Crippen LogP contribution in [0.4, 0.5) is 4.39 Å². The van der Waals surface area contributed by atoms with Gasteiger partial charge >= 0.3 is 0 Å². The second-order valence-corrected chi connectivity index (χ2v) is 4.13. The van der Waals surface area contributed by atoms with Gasteiger partial charge in [0.2, 0.25) is 0 Å². The standard InChI is InChI=1S/C11H9BrFNO2/c12-10-5-7(13)1-2-9(10)11-6-8(3-4-15)16-14-11/h1-2,5-6,15H,3-4H2. The van der Waals surface area contributed by atoms with Crippen molar-refractivity contribution in [1.29, 1.82) is 0 Å². The van der Waals surface area contributed by atoms with Crippen molar-refractivity contribution in [3.8, 4) is 11.3 Å². The van der Waals surface area contributed by atoms with E-state index in [-0.39, 0.29) is 12.4 Å². The molecule has 2 rings (SSSR count). The maximum Gasteiger partial charge on any atom is 0.139 e. The van der Waals surface area contributed by atoms with E-state index in [0.29, 0.717) is 22.3 Å². The van der Waals surface area contributed by atoms with Gasteiger partial charge in [-0.05, 0) is 34.1 Å². The lowest BCUT2D eigenvalue weighted by atomic mass is 10.1. The molecule has 3 nitrogen and oxygen atoms in total. The SMILES string of the molecule is OCCc1cc(-c2ccc(F)cc2Br)no1. The largest absolute Gasteiger partial charge is 0.396 e. The lowest BCUT2D eigenvalue weighted by Gasteiger charge is -1.98. The van der Waals surface area contributed by atoms with E-state index in [1.807, 2.05) is 0 Å². The monoisotopic (exact) mass is 285 g/mol. The highest BCUT2D eigenvalue weighted by atomic mass is 79.9. The molecule has 0 aliphatic carbocycles. The van der Waals surface area contributed by atoms with Crippen molar-refractivity contribution in [2.45, 2.75) is 6.42 Å². The van der Waals surface area contributed by atoms with Gasteiger partial charge in [-0.3, -0.25) is 0 Å². The molecule has 0 fully saturated rings. The topological polar surface area (TPSA) is 46.3 Å². The zero-order chi connectivity index (χ0) is 11.5. The summed E-state index contributed by atoms with van der Waals surface area (Å²) in [7, 11) is 0. The summed E-state index contributed by atoms with van der Waals surface area (Å²) in [4.78, 5) is 0. The Morgan fingerprint density at radius 2 is 2.19 bits per heavy atom. The highest BCUT2D eigenvalue weighted by Crippen LogP contribution is 2.28. The van der Waals surface area contributed by atoms with Crippen LogP contribution in [-0.4, -0.2) is 16.9 Å². The average Bonchev–Trinajstić information content (AvgIpc) is 2.67. The summed E-state index contributed by atoms with van der Waals surface area (Å²) in [5.74, 6) is 0.295. The van der Waals surface area contributed by atoms with E-state index in [9.17, 15) is 4.39 Å². The molecule has 0 saturated heterocycles. The summed E-state index contributed by atoms with van der Waals surface area (Å²) in [5.41, 5.74) is 1.38. The van der Waals surface area contributed by atoms with E-state index in [1.54, 1.807) is 12.1 Å².